The number of hydrogen-bond acceptors (Lipinski definition) is 3. The lowest BCUT2D eigenvalue weighted by atomic mass is 9.80. The monoisotopic (exact) mass is 749 g/mol. The molecule has 0 aliphatic heterocycles. The molecule has 0 unspecified atom stereocenters. The van der Waals surface area contributed by atoms with Crippen LogP contribution in [0.2, 0.25) is 0 Å². The molecule has 2 aliphatic carbocycles. The summed E-state index contributed by atoms with van der Waals surface area (Å²) >= 11 is 0. The standard InChI is InChI=1S/C55H43NO2/c1-7-8-16-39-33(2)57-49-30-28-42-40-25-23-37(31-46(40)55(5,6)52(42)51(39)49)56(36-21-19-35(20-22-36)34-14-10-9-11-15-34)38-24-26-44-47(32-38)54(3,4)45-29-27-43-41-17-12-13-18-48(41)58-53(43)50(44)45/h7-32H,1H2,2-6H3/b16-8-. The van der Waals surface area contributed by atoms with Crippen molar-refractivity contribution in [3.05, 3.63) is 192 Å². The minimum absolute atomic E-state index is 0.232. The molecule has 7 aromatic carbocycles. The molecular weight excluding hydrogens is 707 g/mol. The van der Waals surface area contributed by atoms with Crippen molar-refractivity contribution in [1.82, 2.24) is 0 Å². The molecule has 11 rings (SSSR count). The number of nitrogens with zero attached hydrogens (tertiary/aromatic N) is 1. The van der Waals surface area contributed by atoms with E-state index in [1.165, 1.54) is 61.0 Å². The minimum Gasteiger partial charge on any atom is -0.461 e. The Kier molecular flexibility index (Phi) is 7.31. The number of anilines is 3. The van der Waals surface area contributed by atoms with Gasteiger partial charge in [-0.3, -0.25) is 0 Å². The lowest BCUT2D eigenvalue weighted by molar-refractivity contribution is 0.577. The maximum absolute atomic E-state index is 6.63. The van der Waals surface area contributed by atoms with Gasteiger partial charge in [-0.15, -0.1) is 0 Å². The molecular formula is C55H43NO2. The molecule has 0 radical (unpaired) electrons. The minimum atomic E-state index is -0.282. The lowest BCUT2D eigenvalue weighted by Gasteiger charge is -2.30. The lowest BCUT2D eigenvalue weighted by Crippen LogP contribution is -2.18. The van der Waals surface area contributed by atoms with E-state index < -0.39 is 0 Å². The van der Waals surface area contributed by atoms with Gasteiger partial charge in [0.05, 0.1) is 0 Å². The average molecular weight is 750 g/mol. The summed E-state index contributed by atoms with van der Waals surface area (Å²) in [5, 5.41) is 3.50. The summed E-state index contributed by atoms with van der Waals surface area (Å²) < 4.78 is 13.0. The van der Waals surface area contributed by atoms with E-state index in [9.17, 15) is 0 Å². The van der Waals surface area contributed by atoms with Crippen molar-refractivity contribution in [2.75, 3.05) is 4.90 Å². The summed E-state index contributed by atoms with van der Waals surface area (Å²) in [5.41, 5.74) is 19.3. The van der Waals surface area contributed by atoms with E-state index in [0.717, 1.165) is 55.9 Å². The Labute approximate surface area is 339 Å². The molecule has 2 aliphatic rings. The van der Waals surface area contributed by atoms with Crippen LogP contribution in [-0.2, 0) is 10.8 Å². The van der Waals surface area contributed by atoms with Crippen molar-refractivity contribution < 1.29 is 8.83 Å². The second-order valence-electron chi connectivity index (χ2n) is 16.9. The highest BCUT2D eigenvalue weighted by Crippen LogP contribution is 2.56. The van der Waals surface area contributed by atoms with Crippen LogP contribution in [0.4, 0.5) is 17.1 Å². The number of para-hydroxylation sites is 1. The zero-order valence-electron chi connectivity index (χ0n) is 33.5. The van der Waals surface area contributed by atoms with E-state index >= 15 is 0 Å². The summed E-state index contributed by atoms with van der Waals surface area (Å²) in [6, 6.07) is 51.0. The van der Waals surface area contributed by atoms with Crippen molar-refractivity contribution in [2.24, 2.45) is 0 Å². The quantitative estimate of drug-likeness (QED) is 0.159. The highest BCUT2D eigenvalue weighted by Gasteiger charge is 2.40. The first-order valence-corrected chi connectivity index (χ1v) is 20.2. The van der Waals surface area contributed by atoms with Crippen molar-refractivity contribution in [2.45, 2.75) is 45.4 Å². The molecule has 0 N–H and O–H groups in total. The second-order valence-corrected chi connectivity index (χ2v) is 16.9. The summed E-state index contributed by atoms with van der Waals surface area (Å²) in [7, 11) is 0. The predicted molar refractivity (Wildman–Crippen MR) is 243 cm³/mol. The Morgan fingerprint density at radius 2 is 1.21 bits per heavy atom. The maximum Gasteiger partial charge on any atom is 0.143 e. The molecule has 0 atom stereocenters. The van der Waals surface area contributed by atoms with Crippen molar-refractivity contribution in [3.8, 4) is 33.4 Å². The second kappa shape index (κ2) is 12.3. The Balaban J connectivity index is 1.09. The van der Waals surface area contributed by atoms with Crippen molar-refractivity contribution in [3.63, 3.8) is 0 Å². The zero-order valence-corrected chi connectivity index (χ0v) is 33.5. The summed E-state index contributed by atoms with van der Waals surface area (Å²) in [4.78, 5) is 2.43. The summed E-state index contributed by atoms with van der Waals surface area (Å²) in [5.74, 6) is 0.918. The Hall–Kier alpha value is -6.84. The molecule has 0 fully saturated rings. The molecule has 9 aromatic rings. The average Bonchev–Trinajstić information content (AvgIpc) is 3.92. The number of fused-ring (bicyclic) bond motifs is 12. The fourth-order valence-electron chi connectivity index (χ4n) is 10.1. The topological polar surface area (TPSA) is 29.5 Å². The van der Waals surface area contributed by atoms with Gasteiger partial charge in [-0.25, -0.2) is 0 Å². The van der Waals surface area contributed by atoms with Gasteiger partial charge < -0.3 is 13.7 Å². The first-order chi connectivity index (χ1) is 28.1. The maximum atomic E-state index is 6.63. The predicted octanol–water partition coefficient (Wildman–Crippen LogP) is 15.6. The van der Waals surface area contributed by atoms with Gasteiger partial charge in [0.25, 0.3) is 0 Å². The Morgan fingerprint density at radius 1 is 0.552 bits per heavy atom. The van der Waals surface area contributed by atoms with E-state index in [-0.39, 0.29) is 10.8 Å². The molecule has 0 saturated carbocycles. The molecule has 0 amide bonds. The third kappa shape index (κ3) is 4.80. The Bertz CT molecular complexity index is 3190. The van der Waals surface area contributed by atoms with Gasteiger partial charge in [-0.05, 0) is 106 Å². The fraction of sp³-hybridized carbons (Fsp3) is 0.127. The summed E-state index contributed by atoms with van der Waals surface area (Å²) in [6.45, 7) is 15.4. The number of allylic oxidation sites excluding steroid dienone is 2. The van der Waals surface area contributed by atoms with Crippen LogP contribution in [0.15, 0.2) is 167 Å². The third-order valence-corrected chi connectivity index (χ3v) is 13.0. The number of aryl methyl sites for hydroxylation is 1. The highest BCUT2D eigenvalue weighted by molar-refractivity contribution is 6.12. The van der Waals surface area contributed by atoms with Crippen LogP contribution in [0.5, 0.6) is 0 Å². The van der Waals surface area contributed by atoms with Crippen LogP contribution in [0.1, 0.15) is 61.3 Å². The summed E-state index contributed by atoms with van der Waals surface area (Å²) in [6.07, 6.45) is 5.96. The first-order valence-electron chi connectivity index (χ1n) is 20.2. The largest absolute Gasteiger partial charge is 0.461 e. The van der Waals surface area contributed by atoms with Crippen molar-refractivity contribution >= 4 is 56.0 Å². The van der Waals surface area contributed by atoms with Gasteiger partial charge in [0.15, 0.2) is 0 Å². The molecule has 3 nitrogen and oxygen atoms in total. The van der Waals surface area contributed by atoms with Gasteiger partial charge in [-0.2, -0.15) is 0 Å². The fourth-order valence-corrected chi connectivity index (χ4v) is 10.1. The number of rotatable bonds is 6. The van der Waals surface area contributed by atoms with Gasteiger partial charge >= 0.3 is 0 Å². The van der Waals surface area contributed by atoms with Crippen LogP contribution in [0, 0.1) is 6.92 Å². The molecule has 2 aromatic heterocycles. The van der Waals surface area contributed by atoms with Crippen LogP contribution in [0.25, 0.3) is 72.4 Å². The van der Waals surface area contributed by atoms with Crippen LogP contribution >= 0.6 is 0 Å². The van der Waals surface area contributed by atoms with E-state index in [1.807, 2.05) is 18.2 Å². The van der Waals surface area contributed by atoms with Crippen molar-refractivity contribution in [1.29, 1.82) is 0 Å². The molecule has 2 heterocycles. The molecule has 0 spiro atoms. The van der Waals surface area contributed by atoms with Gasteiger partial charge in [0.2, 0.25) is 0 Å². The SMILES string of the molecule is C=C/C=C\c1c(C)oc2ccc3c(c12)C(C)(C)c1cc(N(c2ccc(-c4ccccc4)cc2)c2ccc4c(c2)C(C)(C)c2ccc5c(oc6ccccc65)c2-4)ccc1-3. The van der Waals surface area contributed by atoms with Crippen LogP contribution in [0.3, 0.4) is 0 Å². The molecule has 58 heavy (non-hydrogen) atoms. The smallest absolute Gasteiger partial charge is 0.143 e. The first kappa shape index (κ1) is 34.4. The van der Waals surface area contributed by atoms with Gasteiger partial charge in [0, 0.05) is 55.2 Å². The normalized spacial score (nSPS) is 14.6. The van der Waals surface area contributed by atoms with E-state index in [4.69, 9.17) is 8.83 Å². The third-order valence-electron chi connectivity index (χ3n) is 13.0. The van der Waals surface area contributed by atoms with E-state index in [0.29, 0.717) is 0 Å². The molecule has 280 valence electrons. The number of hydrogen-bond donors (Lipinski definition) is 0. The molecule has 3 heteroatoms. The number of furan rings is 2. The molecule has 0 saturated heterocycles. The highest BCUT2D eigenvalue weighted by atomic mass is 16.3. The van der Waals surface area contributed by atoms with Gasteiger partial charge in [-0.1, -0.05) is 143 Å². The zero-order chi connectivity index (χ0) is 39.5. The van der Waals surface area contributed by atoms with Crippen LogP contribution in [-0.4, -0.2) is 0 Å². The molecule has 0 bridgehead atoms. The van der Waals surface area contributed by atoms with E-state index in [1.54, 1.807) is 0 Å². The number of benzene rings is 7. The van der Waals surface area contributed by atoms with Crippen LogP contribution < -0.4 is 4.90 Å². The Morgan fingerprint density at radius 3 is 1.97 bits per heavy atom. The van der Waals surface area contributed by atoms with Gasteiger partial charge in [0.1, 0.15) is 22.5 Å². The van der Waals surface area contributed by atoms with E-state index in [2.05, 4.69) is 186 Å².